The van der Waals surface area contributed by atoms with Crippen LogP contribution in [0.2, 0.25) is 0 Å². The molecule has 1 N–H and O–H groups in total. The van der Waals surface area contributed by atoms with Crippen molar-refractivity contribution in [2.75, 3.05) is 0 Å². The minimum absolute atomic E-state index is 0.137. The molecule has 4 aromatic rings. The van der Waals surface area contributed by atoms with E-state index < -0.39 is 0 Å². The Morgan fingerprint density at radius 2 is 1.67 bits per heavy atom. The molecule has 0 amide bonds. The van der Waals surface area contributed by atoms with E-state index in [9.17, 15) is 5.11 Å². The number of aliphatic hydroxyl groups excluding tert-OH is 1. The van der Waals surface area contributed by atoms with Crippen molar-refractivity contribution in [1.82, 2.24) is 5.16 Å². The number of halogens is 1. The smallest absolute Gasteiger partial charge is 0.174 e. The molecule has 4 rings (SSSR count). The van der Waals surface area contributed by atoms with Crippen molar-refractivity contribution >= 4 is 26.7 Å². The van der Waals surface area contributed by atoms with E-state index in [1.54, 1.807) is 0 Å². The fourth-order valence-corrected chi connectivity index (χ4v) is 3.34. The lowest BCUT2D eigenvalue weighted by Gasteiger charge is -2.04. The van der Waals surface area contributed by atoms with Crippen LogP contribution < -0.4 is 0 Å². The topological polar surface area (TPSA) is 46.3 Å². The number of aliphatic hydroxyl groups is 1. The van der Waals surface area contributed by atoms with Crippen molar-refractivity contribution in [1.29, 1.82) is 0 Å². The second kappa shape index (κ2) is 6.23. The van der Waals surface area contributed by atoms with E-state index in [0.717, 1.165) is 21.0 Å². The molecule has 0 radical (unpaired) electrons. The maximum absolute atomic E-state index is 9.90. The molecule has 4 heteroatoms. The lowest BCUT2D eigenvalue weighted by Crippen LogP contribution is -1.90. The first-order valence-electron chi connectivity index (χ1n) is 7.61. The number of aromatic nitrogens is 1. The standard InChI is InChI=1S/C20H14BrNO2/c21-18-8-4-3-7-16(18)20-17(12-23)19(22-24-20)15-10-9-13-5-1-2-6-14(13)11-15/h1-11,23H,12H2. The summed E-state index contributed by atoms with van der Waals surface area (Å²) in [7, 11) is 0. The van der Waals surface area contributed by atoms with Gasteiger partial charge in [0.1, 0.15) is 5.69 Å². The molecule has 3 aromatic carbocycles. The lowest BCUT2D eigenvalue weighted by atomic mass is 10.0. The molecule has 0 fully saturated rings. The average Bonchev–Trinajstić information content (AvgIpc) is 3.05. The first kappa shape index (κ1) is 15.1. The Kier molecular flexibility index (Phi) is 3.92. The highest BCUT2D eigenvalue weighted by Gasteiger charge is 2.20. The quantitative estimate of drug-likeness (QED) is 0.517. The number of hydrogen-bond acceptors (Lipinski definition) is 3. The van der Waals surface area contributed by atoms with E-state index in [0.29, 0.717) is 17.0 Å². The number of benzene rings is 3. The van der Waals surface area contributed by atoms with E-state index in [2.05, 4.69) is 45.4 Å². The van der Waals surface area contributed by atoms with Gasteiger partial charge in [-0.1, -0.05) is 69.6 Å². The van der Waals surface area contributed by atoms with Gasteiger partial charge in [-0.25, -0.2) is 0 Å². The van der Waals surface area contributed by atoms with Crippen LogP contribution >= 0.6 is 15.9 Å². The molecule has 0 aliphatic heterocycles. The molecule has 3 nitrogen and oxygen atoms in total. The van der Waals surface area contributed by atoms with Crippen molar-refractivity contribution < 1.29 is 9.63 Å². The second-order valence-corrected chi connectivity index (χ2v) is 6.39. The zero-order valence-corrected chi connectivity index (χ0v) is 14.3. The van der Waals surface area contributed by atoms with Crippen molar-refractivity contribution in [3.05, 3.63) is 76.8 Å². The third kappa shape index (κ3) is 2.54. The van der Waals surface area contributed by atoms with Crippen LogP contribution in [0.4, 0.5) is 0 Å². The molecule has 118 valence electrons. The van der Waals surface area contributed by atoms with Crippen LogP contribution in [-0.2, 0) is 6.61 Å². The van der Waals surface area contributed by atoms with E-state index in [4.69, 9.17) is 4.52 Å². The highest BCUT2D eigenvalue weighted by molar-refractivity contribution is 9.10. The third-order valence-corrected chi connectivity index (χ3v) is 4.78. The Bertz CT molecular complexity index is 1020. The highest BCUT2D eigenvalue weighted by Crippen LogP contribution is 2.36. The summed E-state index contributed by atoms with van der Waals surface area (Å²) in [5.74, 6) is 0.591. The Morgan fingerprint density at radius 3 is 2.46 bits per heavy atom. The zero-order chi connectivity index (χ0) is 16.5. The fraction of sp³-hybridized carbons (Fsp3) is 0.0500. The van der Waals surface area contributed by atoms with E-state index in [-0.39, 0.29) is 6.61 Å². The Hall–Kier alpha value is -2.43. The molecule has 0 aliphatic carbocycles. The van der Waals surface area contributed by atoms with Crippen LogP contribution in [-0.4, -0.2) is 10.3 Å². The van der Waals surface area contributed by atoms with Gasteiger partial charge >= 0.3 is 0 Å². The van der Waals surface area contributed by atoms with E-state index in [1.807, 2.05) is 42.5 Å². The van der Waals surface area contributed by atoms with Crippen LogP contribution in [0.5, 0.6) is 0 Å². The average molecular weight is 380 g/mol. The van der Waals surface area contributed by atoms with Gasteiger partial charge in [0.25, 0.3) is 0 Å². The molecule has 0 saturated heterocycles. The summed E-state index contributed by atoms with van der Waals surface area (Å²) in [6.45, 7) is -0.137. The minimum Gasteiger partial charge on any atom is -0.391 e. The van der Waals surface area contributed by atoms with Gasteiger partial charge in [-0.05, 0) is 29.0 Å². The number of fused-ring (bicyclic) bond motifs is 1. The van der Waals surface area contributed by atoms with Crippen LogP contribution in [0, 0.1) is 0 Å². The first-order chi connectivity index (χ1) is 11.8. The first-order valence-corrected chi connectivity index (χ1v) is 8.40. The summed E-state index contributed by atoms with van der Waals surface area (Å²) in [4.78, 5) is 0. The van der Waals surface area contributed by atoms with Crippen molar-refractivity contribution in [3.8, 4) is 22.6 Å². The summed E-state index contributed by atoms with van der Waals surface area (Å²) in [5.41, 5.74) is 3.17. The van der Waals surface area contributed by atoms with Gasteiger partial charge in [0.05, 0.1) is 12.2 Å². The number of rotatable bonds is 3. The van der Waals surface area contributed by atoms with Gasteiger partial charge in [-0.3, -0.25) is 0 Å². The van der Waals surface area contributed by atoms with Crippen molar-refractivity contribution in [2.45, 2.75) is 6.61 Å². The van der Waals surface area contributed by atoms with Crippen molar-refractivity contribution in [2.24, 2.45) is 0 Å². The predicted octanol–water partition coefficient (Wildman–Crippen LogP) is 5.42. The van der Waals surface area contributed by atoms with E-state index in [1.165, 1.54) is 5.39 Å². The van der Waals surface area contributed by atoms with Crippen LogP contribution in [0.1, 0.15) is 5.56 Å². The molecular weight excluding hydrogens is 366 g/mol. The maximum atomic E-state index is 9.90. The normalized spacial score (nSPS) is 11.1. The molecule has 0 bridgehead atoms. The van der Waals surface area contributed by atoms with Gasteiger partial charge in [-0.15, -0.1) is 0 Å². The summed E-state index contributed by atoms with van der Waals surface area (Å²) in [6, 6.07) is 22.0. The number of hydrogen-bond donors (Lipinski definition) is 1. The molecule has 1 aromatic heterocycles. The third-order valence-electron chi connectivity index (χ3n) is 4.09. The van der Waals surface area contributed by atoms with Crippen LogP contribution in [0.25, 0.3) is 33.4 Å². The predicted molar refractivity (Wildman–Crippen MR) is 98.5 cm³/mol. The summed E-state index contributed by atoms with van der Waals surface area (Å²) in [6.07, 6.45) is 0. The minimum atomic E-state index is -0.137. The molecule has 0 aliphatic rings. The van der Waals surface area contributed by atoms with Gasteiger partial charge in [0.2, 0.25) is 0 Å². The molecule has 1 heterocycles. The molecule has 0 unspecified atom stereocenters. The largest absolute Gasteiger partial charge is 0.391 e. The Morgan fingerprint density at radius 1 is 0.917 bits per heavy atom. The van der Waals surface area contributed by atoms with Gasteiger partial charge in [-0.2, -0.15) is 0 Å². The highest BCUT2D eigenvalue weighted by atomic mass is 79.9. The Labute approximate surface area is 147 Å². The SMILES string of the molecule is OCc1c(-c2ccc3ccccc3c2)noc1-c1ccccc1Br. The van der Waals surface area contributed by atoms with Gasteiger partial charge < -0.3 is 9.63 Å². The van der Waals surface area contributed by atoms with Gasteiger partial charge in [0.15, 0.2) is 5.76 Å². The van der Waals surface area contributed by atoms with Crippen LogP contribution in [0.3, 0.4) is 0 Å². The summed E-state index contributed by atoms with van der Waals surface area (Å²) >= 11 is 3.52. The Balaban J connectivity index is 1.88. The second-order valence-electron chi connectivity index (χ2n) is 5.54. The fourth-order valence-electron chi connectivity index (χ4n) is 2.88. The molecule has 0 spiro atoms. The van der Waals surface area contributed by atoms with Crippen LogP contribution in [0.15, 0.2) is 75.7 Å². The molecule has 24 heavy (non-hydrogen) atoms. The van der Waals surface area contributed by atoms with Gasteiger partial charge in [0, 0.05) is 15.6 Å². The van der Waals surface area contributed by atoms with Crippen molar-refractivity contribution in [3.63, 3.8) is 0 Å². The molecule has 0 saturated carbocycles. The summed E-state index contributed by atoms with van der Waals surface area (Å²) in [5, 5.41) is 16.4. The zero-order valence-electron chi connectivity index (χ0n) is 12.7. The number of nitrogens with zero attached hydrogens (tertiary/aromatic N) is 1. The summed E-state index contributed by atoms with van der Waals surface area (Å²) < 4.78 is 6.48. The monoisotopic (exact) mass is 379 g/mol. The lowest BCUT2D eigenvalue weighted by molar-refractivity contribution is 0.281. The molecular formula is C20H14BrNO2. The molecule has 0 atom stereocenters. The van der Waals surface area contributed by atoms with E-state index >= 15 is 0 Å². The maximum Gasteiger partial charge on any atom is 0.174 e.